The standard InChI is InChI=1S/C15H25N3O2.ClH/c1-9(2)18-10(3)5-13(11(18)4)15(20)17-7-12-6-16-8-14(12)19;/h5,9,12,14,16,19H,6-8H2,1-4H3,(H,17,20);1H. The molecule has 1 aliphatic rings. The van der Waals surface area contributed by atoms with Crippen LogP contribution in [0.2, 0.25) is 0 Å². The van der Waals surface area contributed by atoms with E-state index in [4.69, 9.17) is 0 Å². The number of hydrogen-bond acceptors (Lipinski definition) is 3. The highest BCUT2D eigenvalue weighted by molar-refractivity contribution is 5.95. The predicted molar refractivity (Wildman–Crippen MR) is 86.2 cm³/mol. The first kappa shape index (κ1) is 18.0. The number of amides is 1. The molecule has 1 amide bonds. The highest BCUT2D eigenvalue weighted by Crippen LogP contribution is 2.20. The molecule has 0 aromatic carbocycles. The van der Waals surface area contributed by atoms with E-state index in [0.717, 1.165) is 23.5 Å². The smallest absolute Gasteiger partial charge is 0.253 e. The Bertz CT molecular complexity index is 499. The van der Waals surface area contributed by atoms with Crippen molar-refractivity contribution in [2.45, 2.75) is 39.8 Å². The molecule has 2 rings (SSSR count). The van der Waals surface area contributed by atoms with Crippen LogP contribution in [0, 0.1) is 19.8 Å². The zero-order valence-electron chi connectivity index (χ0n) is 13.1. The molecule has 0 spiro atoms. The number of nitrogens with one attached hydrogen (secondary N) is 2. The van der Waals surface area contributed by atoms with E-state index >= 15 is 0 Å². The molecule has 5 nitrogen and oxygen atoms in total. The first-order valence-electron chi connectivity index (χ1n) is 7.27. The Labute approximate surface area is 132 Å². The van der Waals surface area contributed by atoms with E-state index in [1.54, 1.807) is 0 Å². The SMILES string of the molecule is Cc1cc(C(=O)NCC2CNCC2O)c(C)n1C(C)C.Cl. The van der Waals surface area contributed by atoms with Crippen molar-refractivity contribution in [2.24, 2.45) is 5.92 Å². The van der Waals surface area contributed by atoms with Gasteiger partial charge in [-0.3, -0.25) is 4.79 Å². The minimum atomic E-state index is -0.363. The maximum atomic E-state index is 12.3. The molecule has 0 aliphatic carbocycles. The van der Waals surface area contributed by atoms with Crippen molar-refractivity contribution < 1.29 is 9.90 Å². The zero-order chi connectivity index (χ0) is 14.9. The summed E-state index contributed by atoms with van der Waals surface area (Å²) in [5.74, 6) is 0.0524. The fourth-order valence-electron chi connectivity index (χ4n) is 3.05. The van der Waals surface area contributed by atoms with Crippen molar-refractivity contribution in [1.29, 1.82) is 0 Å². The number of aromatic nitrogens is 1. The molecule has 2 heterocycles. The molecular weight excluding hydrogens is 290 g/mol. The van der Waals surface area contributed by atoms with Gasteiger partial charge in [0.2, 0.25) is 0 Å². The molecule has 21 heavy (non-hydrogen) atoms. The first-order valence-corrected chi connectivity index (χ1v) is 7.27. The van der Waals surface area contributed by atoms with Crippen LogP contribution in [0.15, 0.2) is 6.07 Å². The minimum absolute atomic E-state index is 0. The van der Waals surface area contributed by atoms with Gasteiger partial charge in [-0.25, -0.2) is 0 Å². The first-order chi connectivity index (χ1) is 9.41. The van der Waals surface area contributed by atoms with Crippen molar-refractivity contribution in [2.75, 3.05) is 19.6 Å². The molecule has 1 saturated heterocycles. The Hall–Kier alpha value is -1.04. The highest BCUT2D eigenvalue weighted by Gasteiger charge is 2.26. The Morgan fingerprint density at radius 3 is 2.62 bits per heavy atom. The van der Waals surface area contributed by atoms with E-state index in [1.807, 2.05) is 19.9 Å². The highest BCUT2D eigenvalue weighted by atomic mass is 35.5. The van der Waals surface area contributed by atoms with Crippen LogP contribution in [-0.4, -0.2) is 41.3 Å². The zero-order valence-corrected chi connectivity index (χ0v) is 14.0. The fourth-order valence-corrected chi connectivity index (χ4v) is 3.05. The van der Waals surface area contributed by atoms with Gasteiger partial charge in [0.15, 0.2) is 0 Å². The van der Waals surface area contributed by atoms with E-state index in [1.165, 1.54) is 0 Å². The van der Waals surface area contributed by atoms with Crippen LogP contribution < -0.4 is 10.6 Å². The van der Waals surface area contributed by atoms with Crippen LogP contribution in [0.5, 0.6) is 0 Å². The summed E-state index contributed by atoms with van der Waals surface area (Å²) in [5, 5.41) is 15.8. The van der Waals surface area contributed by atoms with Gasteiger partial charge in [-0.2, -0.15) is 0 Å². The normalized spacial score (nSPS) is 21.4. The Morgan fingerprint density at radius 2 is 2.14 bits per heavy atom. The second-order valence-corrected chi connectivity index (χ2v) is 5.94. The lowest BCUT2D eigenvalue weighted by atomic mass is 10.1. The maximum Gasteiger partial charge on any atom is 0.253 e. The number of aryl methyl sites for hydroxylation is 1. The predicted octanol–water partition coefficient (Wildman–Crippen LogP) is 1.42. The maximum absolute atomic E-state index is 12.3. The molecule has 1 fully saturated rings. The molecule has 0 radical (unpaired) electrons. The van der Waals surface area contributed by atoms with E-state index in [2.05, 4.69) is 29.0 Å². The molecule has 2 unspecified atom stereocenters. The molecule has 120 valence electrons. The van der Waals surface area contributed by atoms with Crippen LogP contribution >= 0.6 is 12.4 Å². The van der Waals surface area contributed by atoms with E-state index in [0.29, 0.717) is 19.1 Å². The van der Waals surface area contributed by atoms with Crippen molar-refractivity contribution in [3.05, 3.63) is 23.0 Å². The molecule has 1 aliphatic heterocycles. The van der Waals surface area contributed by atoms with Crippen molar-refractivity contribution in [3.8, 4) is 0 Å². The number of carbonyl (C=O) groups is 1. The third-order valence-electron chi connectivity index (χ3n) is 4.07. The number of halogens is 1. The van der Waals surface area contributed by atoms with Gasteiger partial charge >= 0.3 is 0 Å². The molecule has 2 atom stereocenters. The lowest BCUT2D eigenvalue weighted by Gasteiger charge is -2.15. The van der Waals surface area contributed by atoms with Gasteiger partial charge in [-0.15, -0.1) is 12.4 Å². The summed E-state index contributed by atoms with van der Waals surface area (Å²) in [7, 11) is 0. The molecule has 0 bridgehead atoms. The largest absolute Gasteiger partial charge is 0.391 e. The number of hydrogen-bond donors (Lipinski definition) is 3. The lowest BCUT2D eigenvalue weighted by molar-refractivity contribution is 0.0926. The number of nitrogens with zero attached hydrogens (tertiary/aromatic N) is 1. The van der Waals surface area contributed by atoms with Crippen LogP contribution in [0.1, 0.15) is 41.6 Å². The minimum Gasteiger partial charge on any atom is -0.391 e. The third-order valence-corrected chi connectivity index (χ3v) is 4.07. The van der Waals surface area contributed by atoms with Crippen molar-refractivity contribution in [3.63, 3.8) is 0 Å². The molecule has 3 N–H and O–H groups in total. The van der Waals surface area contributed by atoms with E-state index in [-0.39, 0.29) is 30.3 Å². The summed E-state index contributed by atoms with van der Waals surface area (Å²) < 4.78 is 2.17. The summed E-state index contributed by atoms with van der Waals surface area (Å²) in [6, 6.07) is 2.28. The number of carbonyl (C=O) groups excluding carboxylic acids is 1. The van der Waals surface area contributed by atoms with Crippen LogP contribution in [-0.2, 0) is 0 Å². The quantitative estimate of drug-likeness (QED) is 0.787. The molecule has 1 aromatic rings. The van der Waals surface area contributed by atoms with Crippen molar-refractivity contribution >= 4 is 18.3 Å². The second kappa shape index (κ2) is 7.29. The molecule has 6 heteroatoms. The van der Waals surface area contributed by atoms with Gasteiger partial charge in [-0.1, -0.05) is 0 Å². The van der Waals surface area contributed by atoms with Crippen molar-refractivity contribution in [1.82, 2.24) is 15.2 Å². The number of β-amino-alcohol motifs (C(OH)–C–C–N with tert-alkyl or cyclic N) is 1. The molecule has 1 aromatic heterocycles. The number of rotatable bonds is 4. The van der Waals surface area contributed by atoms with Crippen LogP contribution in [0.25, 0.3) is 0 Å². The Kier molecular flexibility index (Phi) is 6.25. The van der Waals surface area contributed by atoms with Gasteiger partial charge in [0.25, 0.3) is 5.91 Å². The topological polar surface area (TPSA) is 66.3 Å². The number of aliphatic hydroxyl groups is 1. The van der Waals surface area contributed by atoms with Gasteiger partial charge < -0.3 is 20.3 Å². The lowest BCUT2D eigenvalue weighted by Crippen LogP contribution is -2.34. The monoisotopic (exact) mass is 315 g/mol. The average molecular weight is 316 g/mol. The average Bonchev–Trinajstić information content (AvgIpc) is 2.90. The van der Waals surface area contributed by atoms with Gasteiger partial charge in [-0.05, 0) is 33.8 Å². The van der Waals surface area contributed by atoms with Gasteiger partial charge in [0.1, 0.15) is 0 Å². The van der Waals surface area contributed by atoms with Gasteiger partial charge in [0, 0.05) is 43.0 Å². The van der Waals surface area contributed by atoms with E-state index in [9.17, 15) is 9.90 Å². The number of aliphatic hydroxyl groups excluding tert-OH is 1. The summed E-state index contributed by atoms with van der Waals surface area (Å²) >= 11 is 0. The summed E-state index contributed by atoms with van der Waals surface area (Å²) in [6.45, 7) is 10.1. The van der Waals surface area contributed by atoms with Crippen LogP contribution in [0.4, 0.5) is 0 Å². The summed E-state index contributed by atoms with van der Waals surface area (Å²) in [6.07, 6.45) is -0.363. The summed E-state index contributed by atoms with van der Waals surface area (Å²) in [4.78, 5) is 12.3. The van der Waals surface area contributed by atoms with E-state index < -0.39 is 0 Å². The molecular formula is C15H26ClN3O2. The van der Waals surface area contributed by atoms with Gasteiger partial charge in [0.05, 0.1) is 11.7 Å². The Balaban J connectivity index is 0.00000220. The fraction of sp³-hybridized carbons (Fsp3) is 0.667. The summed E-state index contributed by atoms with van der Waals surface area (Å²) in [5.41, 5.74) is 2.84. The van der Waals surface area contributed by atoms with Crippen LogP contribution in [0.3, 0.4) is 0 Å². The third kappa shape index (κ3) is 3.78. The second-order valence-electron chi connectivity index (χ2n) is 5.94. The Morgan fingerprint density at radius 1 is 1.48 bits per heavy atom. The molecule has 0 saturated carbocycles.